The molecule has 2 fully saturated rings. The lowest BCUT2D eigenvalue weighted by Gasteiger charge is -2.25. The summed E-state index contributed by atoms with van der Waals surface area (Å²) in [7, 11) is -7.42. The molecule has 2 N–H and O–H groups in total. The summed E-state index contributed by atoms with van der Waals surface area (Å²) in [5.41, 5.74) is 0.282. The lowest BCUT2D eigenvalue weighted by molar-refractivity contribution is 0.102. The normalized spacial score (nSPS) is 18.3. The molecule has 12 heteroatoms. The predicted octanol–water partition coefficient (Wildman–Crippen LogP) is 2.18. The van der Waals surface area contributed by atoms with Crippen LogP contribution in [-0.4, -0.2) is 57.7 Å². The Morgan fingerprint density at radius 1 is 1.07 bits per heavy atom. The van der Waals surface area contributed by atoms with E-state index in [4.69, 9.17) is 0 Å². The third kappa shape index (κ3) is 4.73. The van der Waals surface area contributed by atoms with Crippen LogP contribution in [-0.2, 0) is 20.0 Å². The van der Waals surface area contributed by atoms with Crippen LogP contribution in [0.5, 0.6) is 0 Å². The van der Waals surface area contributed by atoms with E-state index in [0.29, 0.717) is 13.1 Å². The minimum absolute atomic E-state index is 0.0175. The van der Waals surface area contributed by atoms with Gasteiger partial charge in [0, 0.05) is 36.3 Å². The highest BCUT2D eigenvalue weighted by Crippen LogP contribution is 2.28. The number of sulfonamides is 2. The molecule has 0 unspecified atom stereocenters. The summed E-state index contributed by atoms with van der Waals surface area (Å²) in [5, 5.41) is 4.20. The molecule has 0 atom stereocenters. The predicted molar refractivity (Wildman–Crippen MR) is 118 cm³/mol. The molecule has 8 nitrogen and oxygen atoms in total. The molecule has 2 aliphatic rings. The Morgan fingerprint density at radius 3 is 2.50 bits per heavy atom. The summed E-state index contributed by atoms with van der Waals surface area (Å²) in [6.45, 7) is 0.829. The highest BCUT2D eigenvalue weighted by molar-refractivity contribution is 7.99. The monoisotopic (exact) mass is 487 g/mol. The van der Waals surface area contributed by atoms with E-state index in [1.165, 1.54) is 28.6 Å². The number of benzene rings is 1. The van der Waals surface area contributed by atoms with Crippen molar-refractivity contribution in [2.45, 2.75) is 28.7 Å². The number of carbonyl (C=O) groups is 1. The lowest BCUT2D eigenvalue weighted by atomic mass is 10.3. The first kappa shape index (κ1) is 21.8. The highest BCUT2D eigenvalue weighted by atomic mass is 32.2. The second-order valence-electron chi connectivity index (χ2n) is 7.01. The van der Waals surface area contributed by atoms with Crippen molar-refractivity contribution in [3.8, 4) is 0 Å². The molecule has 162 valence electrons. The van der Waals surface area contributed by atoms with Crippen LogP contribution in [0.1, 0.15) is 22.5 Å². The summed E-state index contributed by atoms with van der Waals surface area (Å²) in [4.78, 5) is 12.9. The van der Waals surface area contributed by atoms with Crippen molar-refractivity contribution in [1.82, 2.24) is 9.03 Å². The number of hydrogen-bond donors (Lipinski definition) is 2. The van der Waals surface area contributed by atoms with Crippen molar-refractivity contribution in [2.75, 3.05) is 29.9 Å². The molecule has 4 rings (SSSR count). The Hall–Kier alpha value is -1.44. The van der Waals surface area contributed by atoms with Crippen LogP contribution in [0.4, 0.5) is 5.69 Å². The first-order chi connectivity index (χ1) is 14.3. The molecule has 1 aromatic carbocycles. The van der Waals surface area contributed by atoms with E-state index >= 15 is 0 Å². The van der Waals surface area contributed by atoms with Crippen molar-refractivity contribution in [1.29, 1.82) is 0 Å². The van der Waals surface area contributed by atoms with Gasteiger partial charge in [-0.15, -0.1) is 11.3 Å². The molecule has 2 aromatic rings. The van der Waals surface area contributed by atoms with Crippen molar-refractivity contribution < 1.29 is 21.6 Å². The average Bonchev–Trinajstić information content (AvgIpc) is 3.38. The summed E-state index contributed by atoms with van der Waals surface area (Å²) in [6, 6.07) is 7.34. The van der Waals surface area contributed by atoms with Gasteiger partial charge in [-0.2, -0.15) is 16.1 Å². The zero-order chi connectivity index (χ0) is 21.4. The average molecular weight is 488 g/mol. The summed E-state index contributed by atoms with van der Waals surface area (Å²) >= 11 is 2.74. The maximum absolute atomic E-state index is 13.0. The zero-order valence-electron chi connectivity index (χ0n) is 15.9. The largest absolute Gasteiger partial charge is 0.321 e. The number of carbonyl (C=O) groups excluding carboxylic acids is 1. The summed E-state index contributed by atoms with van der Waals surface area (Å²) in [5.74, 6) is 0.863. The van der Waals surface area contributed by atoms with Crippen LogP contribution in [0.2, 0.25) is 0 Å². The van der Waals surface area contributed by atoms with Gasteiger partial charge >= 0.3 is 0 Å². The van der Waals surface area contributed by atoms with E-state index in [2.05, 4.69) is 10.0 Å². The van der Waals surface area contributed by atoms with Crippen molar-refractivity contribution in [3.63, 3.8) is 0 Å². The topological polar surface area (TPSA) is 113 Å². The Bertz CT molecular complexity index is 1150. The first-order valence-electron chi connectivity index (χ1n) is 9.36. The molecule has 0 radical (unpaired) electrons. The van der Waals surface area contributed by atoms with Gasteiger partial charge in [0.05, 0.1) is 4.90 Å². The zero-order valence-corrected chi connectivity index (χ0v) is 19.2. The van der Waals surface area contributed by atoms with Crippen LogP contribution < -0.4 is 10.0 Å². The molecular weight excluding hydrogens is 466 g/mol. The van der Waals surface area contributed by atoms with Gasteiger partial charge in [0.15, 0.2) is 0 Å². The van der Waals surface area contributed by atoms with Gasteiger partial charge in [-0.05, 0) is 42.5 Å². The van der Waals surface area contributed by atoms with Crippen molar-refractivity contribution in [2.24, 2.45) is 0 Å². The minimum Gasteiger partial charge on any atom is -0.321 e. The van der Waals surface area contributed by atoms with Gasteiger partial charge < -0.3 is 5.32 Å². The molecule has 1 amide bonds. The number of amides is 1. The van der Waals surface area contributed by atoms with E-state index in [1.807, 2.05) is 0 Å². The Labute approximate surface area is 184 Å². The Balaban J connectivity index is 1.54. The van der Waals surface area contributed by atoms with E-state index in [9.17, 15) is 21.6 Å². The molecule has 1 aromatic heterocycles. The second-order valence-corrected chi connectivity index (χ2v) is 12.8. The fourth-order valence-electron chi connectivity index (χ4n) is 3.01. The maximum Gasteiger partial charge on any atom is 0.267 e. The highest BCUT2D eigenvalue weighted by Gasteiger charge is 2.31. The summed E-state index contributed by atoms with van der Waals surface area (Å²) < 4.78 is 54.8. The molecule has 30 heavy (non-hydrogen) atoms. The van der Waals surface area contributed by atoms with E-state index in [0.717, 1.165) is 35.7 Å². The fourth-order valence-corrected chi connectivity index (χ4v) is 8.23. The molecule has 1 saturated heterocycles. The number of thioether (sulfide) groups is 1. The third-order valence-corrected chi connectivity index (χ3v) is 10.2. The SMILES string of the molecule is O=C(Nc1cccc(S(=O)(=O)NC2CC2)c1)c1sccc1S(=O)(=O)N1CCSCC1. The smallest absolute Gasteiger partial charge is 0.267 e. The first-order valence-corrected chi connectivity index (χ1v) is 14.3. The van der Waals surface area contributed by atoms with Crippen LogP contribution >= 0.6 is 23.1 Å². The van der Waals surface area contributed by atoms with Gasteiger partial charge in [-0.25, -0.2) is 21.6 Å². The minimum atomic E-state index is -3.76. The molecule has 1 aliphatic heterocycles. The van der Waals surface area contributed by atoms with Crippen LogP contribution in [0.3, 0.4) is 0 Å². The number of anilines is 1. The third-order valence-electron chi connectivity index (χ3n) is 4.72. The number of nitrogens with one attached hydrogen (secondary N) is 2. The maximum atomic E-state index is 13.0. The molecule has 0 bridgehead atoms. The number of rotatable bonds is 7. The molecule has 0 spiro atoms. The Kier molecular flexibility index (Phi) is 6.24. The van der Waals surface area contributed by atoms with E-state index in [1.54, 1.807) is 23.2 Å². The van der Waals surface area contributed by atoms with Gasteiger partial charge in [0.25, 0.3) is 5.91 Å². The van der Waals surface area contributed by atoms with Crippen LogP contribution in [0.25, 0.3) is 0 Å². The van der Waals surface area contributed by atoms with E-state index in [-0.39, 0.29) is 26.4 Å². The number of thiophene rings is 1. The number of nitrogens with zero attached hydrogens (tertiary/aromatic N) is 1. The van der Waals surface area contributed by atoms with Crippen LogP contribution in [0, 0.1) is 0 Å². The van der Waals surface area contributed by atoms with Gasteiger partial charge in [0.2, 0.25) is 20.0 Å². The second kappa shape index (κ2) is 8.60. The molecule has 1 aliphatic carbocycles. The van der Waals surface area contributed by atoms with Gasteiger partial charge in [0.1, 0.15) is 9.77 Å². The Morgan fingerprint density at radius 2 is 1.80 bits per heavy atom. The van der Waals surface area contributed by atoms with Crippen LogP contribution in [0.15, 0.2) is 45.5 Å². The lowest BCUT2D eigenvalue weighted by Crippen LogP contribution is -2.38. The van der Waals surface area contributed by atoms with Crippen molar-refractivity contribution in [3.05, 3.63) is 40.6 Å². The quantitative estimate of drug-likeness (QED) is 0.619. The summed E-state index contributed by atoms with van der Waals surface area (Å²) in [6.07, 6.45) is 1.64. The standard InChI is InChI=1S/C18H21N3O5S4/c22-18(17-16(6-9-28-17)30(25,26)21-7-10-27-11-8-21)19-14-2-1-3-15(12-14)29(23,24)20-13-4-5-13/h1-3,6,9,12-13,20H,4-5,7-8,10-11H2,(H,19,22). The van der Waals surface area contributed by atoms with Crippen molar-refractivity contribution >= 4 is 54.7 Å². The molecule has 1 saturated carbocycles. The fraction of sp³-hybridized carbons (Fsp3) is 0.389. The molecular formula is C18H21N3O5S4. The van der Waals surface area contributed by atoms with E-state index < -0.39 is 26.0 Å². The van der Waals surface area contributed by atoms with Gasteiger partial charge in [-0.1, -0.05) is 6.07 Å². The van der Waals surface area contributed by atoms with Gasteiger partial charge in [-0.3, -0.25) is 4.79 Å². The molecule has 2 heterocycles. The number of hydrogen-bond acceptors (Lipinski definition) is 7.